The minimum atomic E-state index is -0.354. The molecule has 0 aliphatic carbocycles. The van der Waals surface area contributed by atoms with Crippen LogP contribution in [0.1, 0.15) is 31.7 Å². The van der Waals surface area contributed by atoms with E-state index in [9.17, 15) is 10.1 Å². The molecule has 1 aromatic rings. The number of aryl methyl sites for hydroxylation is 1. The molecule has 0 heterocycles. The molecule has 0 aliphatic rings. The summed E-state index contributed by atoms with van der Waals surface area (Å²) in [6.45, 7) is 6.13. The van der Waals surface area contributed by atoms with Crippen LogP contribution in [0.2, 0.25) is 0 Å². The second kappa shape index (κ2) is 8.48. The van der Waals surface area contributed by atoms with E-state index in [2.05, 4.69) is 12.2 Å². The van der Waals surface area contributed by atoms with Crippen molar-refractivity contribution in [1.29, 1.82) is 0 Å². The lowest BCUT2D eigenvalue weighted by atomic mass is 10.2. The van der Waals surface area contributed by atoms with Crippen LogP contribution in [0.5, 0.6) is 0 Å². The molecule has 0 bridgehead atoms. The predicted molar refractivity (Wildman–Crippen MR) is 76.7 cm³/mol. The zero-order valence-electron chi connectivity index (χ0n) is 11.6. The van der Waals surface area contributed by atoms with Crippen LogP contribution in [0.25, 0.3) is 0 Å². The quantitative estimate of drug-likeness (QED) is 0.422. The van der Waals surface area contributed by atoms with Crippen molar-refractivity contribution in [3.63, 3.8) is 0 Å². The molecule has 0 amide bonds. The summed E-state index contributed by atoms with van der Waals surface area (Å²) in [6, 6.07) is 5.21. The van der Waals surface area contributed by atoms with Crippen LogP contribution in [0.3, 0.4) is 0 Å². The third-order valence-corrected chi connectivity index (χ3v) is 2.77. The summed E-state index contributed by atoms with van der Waals surface area (Å²) in [7, 11) is 0. The highest BCUT2D eigenvalue weighted by Gasteiger charge is 2.12. The molecule has 0 saturated carbocycles. The first kappa shape index (κ1) is 15.4. The zero-order chi connectivity index (χ0) is 14.1. The topological polar surface area (TPSA) is 64.4 Å². The third-order valence-electron chi connectivity index (χ3n) is 2.77. The summed E-state index contributed by atoms with van der Waals surface area (Å²) < 4.78 is 5.43. The highest BCUT2D eigenvalue weighted by atomic mass is 16.6. The zero-order valence-corrected chi connectivity index (χ0v) is 11.6. The Morgan fingerprint density at radius 3 is 2.74 bits per heavy atom. The summed E-state index contributed by atoms with van der Waals surface area (Å²) in [5.41, 5.74) is 1.59. The van der Waals surface area contributed by atoms with Crippen LogP contribution in [-0.4, -0.2) is 24.7 Å². The van der Waals surface area contributed by atoms with Crippen molar-refractivity contribution in [3.8, 4) is 0 Å². The lowest BCUT2D eigenvalue weighted by molar-refractivity contribution is -0.384. The SMILES string of the molecule is CCCCOCCCNc1ccc(C)cc1[N+](=O)[O-]. The Morgan fingerprint density at radius 2 is 2.05 bits per heavy atom. The normalized spacial score (nSPS) is 10.4. The van der Waals surface area contributed by atoms with Crippen molar-refractivity contribution in [3.05, 3.63) is 33.9 Å². The van der Waals surface area contributed by atoms with Gasteiger partial charge in [-0.05, 0) is 31.4 Å². The van der Waals surface area contributed by atoms with Crippen LogP contribution in [-0.2, 0) is 4.74 Å². The summed E-state index contributed by atoms with van der Waals surface area (Å²) in [5.74, 6) is 0. The minimum absolute atomic E-state index is 0.131. The fraction of sp³-hybridized carbons (Fsp3) is 0.571. The number of unbranched alkanes of at least 4 members (excludes halogenated alkanes) is 1. The van der Waals surface area contributed by atoms with Gasteiger partial charge in [0.25, 0.3) is 5.69 Å². The Labute approximate surface area is 114 Å². The van der Waals surface area contributed by atoms with Gasteiger partial charge in [-0.25, -0.2) is 0 Å². The molecule has 1 N–H and O–H groups in total. The van der Waals surface area contributed by atoms with Crippen LogP contribution in [0.15, 0.2) is 18.2 Å². The van der Waals surface area contributed by atoms with E-state index in [1.807, 2.05) is 13.0 Å². The maximum Gasteiger partial charge on any atom is 0.292 e. The fourth-order valence-corrected chi connectivity index (χ4v) is 1.69. The number of hydrogen-bond donors (Lipinski definition) is 1. The number of nitrogens with zero attached hydrogens (tertiary/aromatic N) is 1. The van der Waals surface area contributed by atoms with Crippen molar-refractivity contribution in [1.82, 2.24) is 0 Å². The van der Waals surface area contributed by atoms with E-state index in [0.717, 1.165) is 31.4 Å². The molecule has 0 unspecified atom stereocenters. The molecule has 1 rings (SSSR count). The van der Waals surface area contributed by atoms with Gasteiger partial charge in [-0.2, -0.15) is 0 Å². The number of anilines is 1. The highest BCUT2D eigenvalue weighted by Crippen LogP contribution is 2.25. The van der Waals surface area contributed by atoms with Gasteiger partial charge in [0.15, 0.2) is 0 Å². The Hall–Kier alpha value is -1.62. The lowest BCUT2D eigenvalue weighted by Crippen LogP contribution is -2.08. The van der Waals surface area contributed by atoms with Crippen molar-refractivity contribution >= 4 is 11.4 Å². The third kappa shape index (κ3) is 5.70. The maximum absolute atomic E-state index is 10.9. The highest BCUT2D eigenvalue weighted by molar-refractivity contribution is 5.62. The molecule has 5 nitrogen and oxygen atoms in total. The summed E-state index contributed by atoms with van der Waals surface area (Å²) >= 11 is 0. The van der Waals surface area contributed by atoms with E-state index in [4.69, 9.17) is 4.74 Å². The molecule has 0 aromatic heterocycles. The van der Waals surface area contributed by atoms with E-state index in [0.29, 0.717) is 18.8 Å². The molecule has 0 aliphatic heterocycles. The van der Waals surface area contributed by atoms with E-state index >= 15 is 0 Å². The van der Waals surface area contributed by atoms with Crippen LogP contribution < -0.4 is 5.32 Å². The average molecular weight is 266 g/mol. The monoisotopic (exact) mass is 266 g/mol. The van der Waals surface area contributed by atoms with Crippen molar-refractivity contribution in [2.24, 2.45) is 0 Å². The van der Waals surface area contributed by atoms with Crippen LogP contribution in [0.4, 0.5) is 11.4 Å². The van der Waals surface area contributed by atoms with Crippen molar-refractivity contribution in [2.45, 2.75) is 33.1 Å². The molecular formula is C14H22N2O3. The Bertz CT molecular complexity index is 408. The van der Waals surface area contributed by atoms with E-state index in [-0.39, 0.29) is 10.6 Å². The molecule has 0 radical (unpaired) electrons. The van der Waals surface area contributed by atoms with Gasteiger partial charge >= 0.3 is 0 Å². The molecular weight excluding hydrogens is 244 g/mol. The molecule has 5 heteroatoms. The van der Waals surface area contributed by atoms with Gasteiger partial charge in [0.1, 0.15) is 5.69 Å². The first-order valence-corrected chi connectivity index (χ1v) is 6.71. The largest absolute Gasteiger partial charge is 0.381 e. The second-order valence-corrected chi connectivity index (χ2v) is 4.52. The number of nitro groups is 1. The second-order valence-electron chi connectivity index (χ2n) is 4.52. The number of rotatable bonds is 9. The number of benzene rings is 1. The van der Waals surface area contributed by atoms with E-state index in [1.54, 1.807) is 12.1 Å². The smallest absolute Gasteiger partial charge is 0.292 e. The summed E-state index contributed by atoms with van der Waals surface area (Å²) in [6.07, 6.45) is 3.05. The Balaban J connectivity index is 2.35. The standard InChI is InChI=1S/C14H22N2O3/c1-3-4-9-19-10-5-8-15-13-7-6-12(2)11-14(13)16(17)18/h6-7,11,15H,3-5,8-10H2,1-2H3. The van der Waals surface area contributed by atoms with Gasteiger partial charge in [0.05, 0.1) is 4.92 Å². The maximum atomic E-state index is 10.9. The molecule has 0 saturated heterocycles. The lowest BCUT2D eigenvalue weighted by Gasteiger charge is -2.08. The Kier molecular flexibility index (Phi) is 6.89. The first-order valence-electron chi connectivity index (χ1n) is 6.71. The van der Waals surface area contributed by atoms with E-state index in [1.165, 1.54) is 0 Å². The number of hydrogen-bond acceptors (Lipinski definition) is 4. The predicted octanol–water partition coefficient (Wildman–Crippen LogP) is 3.52. The summed E-state index contributed by atoms with van der Waals surface area (Å²) in [4.78, 5) is 10.6. The van der Waals surface area contributed by atoms with Gasteiger partial charge < -0.3 is 10.1 Å². The fourth-order valence-electron chi connectivity index (χ4n) is 1.69. The van der Waals surface area contributed by atoms with Gasteiger partial charge in [0, 0.05) is 25.8 Å². The molecule has 0 fully saturated rings. The average Bonchev–Trinajstić information content (AvgIpc) is 2.39. The molecule has 19 heavy (non-hydrogen) atoms. The molecule has 0 spiro atoms. The van der Waals surface area contributed by atoms with Crippen molar-refractivity contribution in [2.75, 3.05) is 25.1 Å². The van der Waals surface area contributed by atoms with Gasteiger partial charge in [-0.15, -0.1) is 0 Å². The number of nitrogens with one attached hydrogen (secondary N) is 1. The van der Waals surface area contributed by atoms with Crippen LogP contribution >= 0.6 is 0 Å². The minimum Gasteiger partial charge on any atom is -0.381 e. The van der Waals surface area contributed by atoms with Gasteiger partial charge in [0.2, 0.25) is 0 Å². The molecule has 1 aromatic carbocycles. The van der Waals surface area contributed by atoms with Gasteiger partial charge in [-0.1, -0.05) is 19.4 Å². The molecule has 106 valence electrons. The first-order chi connectivity index (χ1) is 9.15. The van der Waals surface area contributed by atoms with E-state index < -0.39 is 0 Å². The number of ether oxygens (including phenoxy) is 1. The van der Waals surface area contributed by atoms with Crippen LogP contribution in [0, 0.1) is 17.0 Å². The molecule has 0 atom stereocenters. The van der Waals surface area contributed by atoms with Gasteiger partial charge in [-0.3, -0.25) is 10.1 Å². The Morgan fingerprint density at radius 1 is 1.32 bits per heavy atom. The van der Waals surface area contributed by atoms with Crippen molar-refractivity contribution < 1.29 is 9.66 Å². The number of nitro benzene ring substituents is 1. The summed E-state index contributed by atoms with van der Waals surface area (Å²) in [5, 5.41) is 14.0.